The van der Waals surface area contributed by atoms with Gasteiger partial charge in [-0.15, -0.1) is 0 Å². The number of aryl methyl sites for hydroxylation is 1. The van der Waals surface area contributed by atoms with Gasteiger partial charge in [0.15, 0.2) is 0 Å². The Bertz CT molecular complexity index is 1450. The van der Waals surface area contributed by atoms with Gasteiger partial charge < -0.3 is 23.0 Å². The summed E-state index contributed by atoms with van der Waals surface area (Å²) in [5.74, 6) is 0.856. The van der Waals surface area contributed by atoms with Crippen molar-refractivity contribution >= 4 is 20.9 Å². The van der Waals surface area contributed by atoms with Gasteiger partial charge in [0.25, 0.3) is 0 Å². The lowest BCUT2D eigenvalue weighted by atomic mass is 9.86. The normalized spacial score (nSPS) is 18.5. The number of ether oxygens (including phenoxy) is 2. The van der Waals surface area contributed by atoms with E-state index in [0.717, 1.165) is 73.8 Å². The zero-order valence-corrected chi connectivity index (χ0v) is 34.7. The Labute approximate surface area is 303 Å². The van der Waals surface area contributed by atoms with Gasteiger partial charge in [-0.1, -0.05) is 41.9 Å². The minimum absolute atomic E-state index is 0.00734. The molecule has 0 radical (unpaired) electrons. The van der Waals surface area contributed by atoms with E-state index in [0.29, 0.717) is 5.75 Å². The molecule has 0 saturated heterocycles. The van der Waals surface area contributed by atoms with Crippen LogP contribution in [0.4, 0.5) is 0 Å². The fourth-order valence-corrected chi connectivity index (χ4v) is 12.7. The molecule has 0 aliphatic carbocycles. The Morgan fingerprint density at radius 1 is 0.880 bits per heavy atom. The average molecular weight is 737 g/mol. The number of fused-ring (bicyclic) bond motifs is 1. The molecule has 0 fully saturated rings. The van der Waals surface area contributed by atoms with Crippen LogP contribution in [-0.2, 0) is 33.9 Å². The predicted octanol–water partition coefficient (Wildman–Crippen LogP) is 12.2. The van der Waals surface area contributed by atoms with Gasteiger partial charge in [0.05, 0.1) is 19.8 Å². The van der Waals surface area contributed by atoms with E-state index in [4.69, 9.17) is 23.0 Å². The van der Waals surface area contributed by atoms with Crippen LogP contribution >= 0.6 is 15.0 Å². The Hall–Kier alpha value is -1.95. The number of allylic oxidation sites excluding steroid dienone is 6. The molecule has 1 aromatic rings. The van der Waals surface area contributed by atoms with Crippen molar-refractivity contribution in [3.05, 3.63) is 57.7 Å². The first-order valence-electron chi connectivity index (χ1n) is 18.7. The zero-order valence-electron chi connectivity index (χ0n) is 32.9. The fraction of sp³-hybridized carbons (Fsp3) is 0.675. The third kappa shape index (κ3) is 13.2. The van der Waals surface area contributed by atoms with Crippen LogP contribution < -0.4 is 9.47 Å². The SMILES string of the molecule is CCOP(=O)(CC)C(CCC(=O)Oc1c(C)cc2c(c1C)CCC(C)(CC/C=C(\C)CC/C=C(\C)CCC=C(C)C)O2)P(=O)(OCC)OCC. The molecule has 10 heteroatoms. The number of hydrogen-bond donors (Lipinski definition) is 0. The lowest BCUT2D eigenvalue weighted by molar-refractivity contribution is -0.134. The van der Waals surface area contributed by atoms with Gasteiger partial charge >= 0.3 is 13.6 Å². The van der Waals surface area contributed by atoms with Crippen molar-refractivity contribution in [1.29, 1.82) is 0 Å². The van der Waals surface area contributed by atoms with Gasteiger partial charge in [-0.2, -0.15) is 0 Å². The van der Waals surface area contributed by atoms with Crippen LogP contribution in [0.5, 0.6) is 11.5 Å². The third-order valence-corrected chi connectivity index (χ3v) is 16.3. The average Bonchev–Trinajstić information content (AvgIpc) is 3.03. The highest BCUT2D eigenvalue weighted by Crippen LogP contribution is 2.71. The molecule has 0 bridgehead atoms. The van der Waals surface area contributed by atoms with Crippen molar-refractivity contribution in [3.63, 3.8) is 0 Å². The molecule has 50 heavy (non-hydrogen) atoms. The first kappa shape index (κ1) is 44.2. The van der Waals surface area contributed by atoms with Crippen LogP contribution in [0.3, 0.4) is 0 Å². The highest BCUT2D eigenvalue weighted by atomic mass is 31.2. The summed E-state index contributed by atoms with van der Waals surface area (Å²) < 4.78 is 57.1. The van der Waals surface area contributed by atoms with Crippen LogP contribution in [0.25, 0.3) is 0 Å². The summed E-state index contributed by atoms with van der Waals surface area (Å²) in [6.07, 6.45) is 15.0. The first-order chi connectivity index (χ1) is 23.6. The van der Waals surface area contributed by atoms with Gasteiger partial charge in [0.2, 0.25) is 7.37 Å². The summed E-state index contributed by atoms with van der Waals surface area (Å²) in [5, 5.41) is -1.06. The van der Waals surface area contributed by atoms with E-state index in [1.165, 1.54) is 16.7 Å². The molecule has 1 aromatic carbocycles. The number of hydrogen-bond acceptors (Lipinski definition) is 8. The maximum absolute atomic E-state index is 13.9. The Morgan fingerprint density at radius 3 is 2.02 bits per heavy atom. The smallest absolute Gasteiger partial charge is 0.343 e. The lowest BCUT2D eigenvalue weighted by Gasteiger charge is -2.37. The van der Waals surface area contributed by atoms with Crippen molar-refractivity contribution < 1.29 is 37.0 Å². The van der Waals surface area contributed by atoms with Crippen LogP contribution in [-0.4, -0.2) is 43.0 Å². The van der Waals surface area contributed by atoms with Crippen LogP contribution in [0.1, 0.15) is 137 Å². The molecule has 3 unspecified atom stereocenters. The Morgan fingerprint density at radius 2 is 1.46 bits per heavy atom. The summed E-state index contributed by atoms with van der Waals surface area (Å²) in [4.78, 5) is 13.3. The molecular formula is C40H66O8P2. The molecule has 3 atom stereocenters. The molecule has 2 rings (SSSR count). The van der Waals surface area contributed by atoms with E-state index >= 15 is 0 Å². The molecule has 1 heterocycles. The van der Waals surface area contributed by atoms with Crippen molar-refractivity contribution in [2.45, 2.75) is 151 Å². The number of benzene rings is 1. The minimum atomic E-state index is -3.83. The van der Waals surface area contributed by atoms with Gasteiger partial charge in [-0.3, -0.25) is 13.9 Å². The van der Waals surface area contributed by atoms with Gasteiger partial charge in [0, 0.05) is 18.1 Å². The second-order valence-corrected chi connectivity index (χ2v) is 19.6. The minimum Gasteiger partial charge on any atom is -0.487 e. The lowest BCUT2D eigenvalue weighted by Crippen LogP contribution is -2.36. The van der Waals surface area contributed by atoms with Gasteiger partial charge in [-0.05, 0) is 144 Å². The van der Waals surface area contributed by atoms with Crippen molar-refractivity contribution in [2.24, 2.45) is 0 Å². The summed E-state index contributed by atoms with van der Waals surface area (Å²) in [6.45, 7) is 22.1. The number of rotatable bonds is 22. The molecule has 8 nitrogen and oxygen atoms in total. The largest absolute Gasteiger partial charge is 0.487 e. The topological polar surface area (TPSA) is 97.4 Å². The summed E-state index contributed by atoms with van der Waals surface area (Å²) in [5.41, 5.74) is 6.71. The highest BCUT2D eigenvalue weighted by Gasteiger charge is 2.48. The van der Waals surface area contributed by atoms with E-state index in [2.05, 4.69) is 52.8 Å². The number of esters is 1. The maximum atomic E-state index is 13.9. The molecule has 0 saturated carbocycles. The van der Waals surface area contributed by atoms with Crippen LogP contribution in [0.2, 0.25) is 0 Å². The van der Waals surface area contributed by atoms with Gasteiger partial charge in [-0.25, -0.2) is 0 Å². The summed E-state index contributed by atoms with van der Waals surface area (Å²) in [7, 11) is -7.28. The highest BCUT2D eigenvalue weighted by molar-refractivity contribution is 7.75. The monoisotopic (exact) mass is 736 g/mol. The van der Waals surface area contributed by atoms with Crippen LogP contribution in [0, 0.1) is 13.8 Å². The quantitative estimate of drug-likeness (QED) is 0.0502. The predicted molar refractivity (Wildman–Crippen MR) is 207 cm³/mol. The third-order valence-electron chi connectivity index (χ3n) is 9.39. The standard InChI is InChI=1S/C40H66O8P2/c1-12-44-49(42,15-4)38(50(43,45-13-2)46-14-3)25-24-37(41)47-39-33(9)29-36-35(34(39)10)26-28-40(11,48-36)27-18-23-32(8)22-17-21-31(7)20-16-19-30(5)6/h19,21,23,29,38H,12-18,20,22,24-28H2,1-11H3/b31-21+,32-23+. The van der Waals surface area contributed by atoms with Crippen molar-refractivity contribution in [2.75, 3.05) is 26.0 Å². The molecule has 0 N–H and O–H groups in total. The van der Waals surface area contributed by atoms with E-state index in [-0.39, 0.29) is 44.4 Å². The van der Waals surface area contributed by atoms with Crippen molar-refractivity contribution in [1.82, 2.24) is 0 Å². The van der Waals surface area contributed by atoms with E-state index in [9.17, 15) is 13.9 Å². The fourth-order valence-electron chi connectivity index (χ4n) is 6.53. The molecular weight excluding hydrogens is 670 g/mol. The Kier molecular flexibility index (Phi) is 18.5. The summed E-state index contributed by atoms with van der Waals surface area (Å²) in [6, 6.07) is 1.97. The second-order valence-electron chi connectivity index (χ2n) is 14.0. The van der Waals surface area contributed by atoms with E-state index < -0.39 is 26.3 Å². The molecule has 0 aromatic heterocycles. The van der Waals surface area contributed by atoms with Crippen molar-refractivity contribution in [3.8, 4) is 11.5 Å². The number of carbonyl (C=O) groups is 1. The first-order valence-corrected chi connectivity index (χ1v) is 22.1. The van der Waals surface area contributed by atoms with E-state index in [1.807, 2.05) is 19.9 Å². The van der Waals surface area contributed by atoms with E-state index in [1.54, 1.807) is 27.7 Å². The number of carbonyl (C=O) groups excluding carboxylic acids is 1. The molecule has 0 amide bonds. The molecule has 1 aliphatic heterocycles. The molecule has 0 spiro atoms. The molecule has 1 aliphatic rings. The van der Waals surface area contributed by atoms with Crippen LogP contribution in [0.15, 0.2) is 41.0 Å². The second kappa shape index (κ2) is 20.9. The molecule has 284 valence electrons. The van der Waals surface area contributed by atoms with Gasteiger partial charge in [0.1, 0.15) is 22.5 Å². The Balaban J connectivity index is 2.08. The zero-order chi connectivity index (χ0) is 37.5. The summed E-state index contributed by atoms with van der Waals surface area (Å²) >= 11 is 0. The maximum Gasteiger partial charge on any atom is 0.343 e.